The maximum Gasteiger partial charge on any atom is 0.301 e. The van der Waals surface area contributed by atoms with E-state index >= 15 is 0 Å². The zero-order valence-electron chi connectivity index (χ0n) is 11.7. The van der Waals surface area contributed by atoms with Crippen LogP contribution in [0.5, 0.6) is 0 Å². The van der Waals surface area contributed by atoms with Gasteiger partial charge in [-0.3, -0.25) is 4.72 Å². The van der Waals surface area contributed by atoms with Gasteiger partial charge in [-0.15, -0.1) is 0 Å². The summed E-state index contributed by atoms with van der Waals surface area (Å²) < 4.78 is 29.7. The average Bonchev–Trinajstić information content (AvgIpc) is 2.41. The number of piperidine rings is 1. The number of nitrogens with two attached hydrogens (primary N) is 1. The second kappa shape index (κ2) is 6.60. The predicted octanol–water partition coefficient (Wildman–Crippen LogP) is 2.61. The fourth-order valence-corrected chi connectivity index (χ4v) is 4.64. The van der Waals surface area contributed by atoms with Crippen LogP contribution in [0.3, 0.4) is 0 Å². The first-order valence-electron chi connectivity index (χ1n) is 6.70. The smallest absolute Gasteiger partial charge is 0.301 e. The summed E-state index contributed by atoms with van der Waals surface area (Å²) in [7, 11) is -3.55. The van der Waals surface area contributed by atoms with Crippen molar-refractivity contribution in [3.63, 3.8) is 0 Å². The molecule has 0 amide bonds. The Morgan fingerprint density at radius 1 is 1.48 bits per heavy atom. The van der Waals surface area contributed by atoms with Crippen molar-refractivity contribution in [2.75, 3.05) is 11.3 Å². The number of nitrogens with zero attached hydrogens (tertiary/aromatic N) is 1. The highest BCUT2D eigenvalue weighted by Gasteiger charge is 2.29. The summed E-state index contributed by atoms with van der Waals surface area (Å²) in [5.74, 6) is 0. The maximum absolute atomic E-state index is 12.5. The van der Waals surface area contributed by atoms with Gasteiger partial charge in [-0.2, -0.15) is 12.7 Å². The highest BCUT2D eigenvalue weighted by Crippen LogP contribution is 2.27. The van der Waals surface area contributed by atoms with E-state index in [0.717, 1.165) is 19.3 Å². The van der Waals surface area contributed by atoms with Gasteiger partial charge in [-0.25, -0.2) is 0 Å². The molecule has 1 aliphatic heterocycles. The van der Waals surface area contributed by atoms with Gasteiger partial charge in [-0.1, -0.05) is 18.6 Å². The summed E-state index contributed by atoms with van der Waals surface area (Å²) in [6.07, 6.45) is 2.86. The second-order valence-electron chi connectivity index (χ2n) is 5.12. The standard InChI is InChI=1S/C13H18BrN3O2S2/c1-9-4-2-3-7-17(9)21(18,19)16-12-6-5-10(13(15)20)8-11(12)14/h5-6,8-9,16H,2-4,7H2,1H3,(H2,15,20). The molecule has 0 saturated carbocycles. The van der Waals surface area contributed by atoms with Crippen LogP contribution in [0.2, 0.25) is 0 Å². The Bertz CT molecular complexity index is 649. The SMILES string of the molecule is CC1CCCCN1S(=O)(=O)Nc1ccc(C(N)=S)cc1Br. The molecule has 21 heavy (non-hydrogen) atoms. The second-order valence-corrected chi connectivity index (χ2v) is 8.04. The first kappa shape index (κ1) is 16.7. The van der Waals surface area contributed by atoms with Gasteiger partial charge in [0.1, 0.15) is 4.99 Å². The van der Waals surface area contributed by atoms with Crippen LogP contribution in [0.4, 0.5) is 5.69 Å². The zero-order chi connectivity index (χ0) is 15.6. The van der Waals surface area contributed by atoms with Crippen molar-refractivity contribution in [1.29, 1.82) is 0 Å². The highest BCUT2D eigenvalue weighted by molar-refractivity contribution is 9.10. The third kappa shape index (κ3) is 3.94. The molecule has 5 nitrogen and oxygen atoms in total. The zero-order valence-corrected chi connectivity index (χ0v) is 14.9. The van der Waals surface area contributed by atoms with Crippen LogP contribution >= 0.6 is 28.1 Å². The Morgan fingerprint density at radius 2 is 2.19 bits per heavy atom. The molecule has 1 saturated heterocycles. The summed E-state index contributed by atoms with van der Waals surface area (Å²) in [5.41, 5.74) is 6.72. The molecule has 0 spiro atoms. The molecule has 1 fully saturated rings. The molecule has 1 aromatic carbocycles. The van der Waals surface area contributed by atoms with Crippen LogP contribution in [0.15, 0.2) is 22.7 Å². The lowest BCUT2D eigenvalue weighted by molar-refractivity contribution is 0.270. The Kier molecular flexibility index (Phi) is 5.24. The van der Waals surface area contributed by atoms with Crippen LogP contribution in [-0.4, -0.2) is 30.3 Å². The fraction of sp³-hybridized carbons (Fsp3) is 0.462. The lowest BCUT2D eigenvalue weighted by Crippen LogP contribution is -2.44. The van der Waals surface area contributed by atoms with Crippen LogP contribution in [0, 0.1) is 0 Å². The molecular weight excluding hydrogens is 374 g/mol. The highest BCUT2D eigenvalue weighted by atomic mass is 79.9. The molecule has 0 radical (unpaired) electrons. The molecule has 1 heterocycles. The molecule has 2 rings (SSSR count). The van der Waals surface area contributed by atoms with Gasteiger partial charge >= 0.3 is 10.2 Å². The number of rotatable bonds is 4. The number of hydrogen-bond acceptors (Lipinski definition) is 3. The molecule has 8 heteroatoms. The minimum atomic E-state index is -3.55. The van der Waals surface area contributed by atoms with Crippen molar-refractivity contribution < 1.29 is 8.42 Å². The van der Waals surface area contributed by atoms with Crippen molar-refractivity contribution in [3.8, 4) is 0 Å². The lowest BCUT2D eigenvalue weighted by atomic mass is 10.1. The molecule has 1 unspecified atom stereocenters. The molecule has 1 aliphatic rings. The van der Waals surface area contributed by atoms with Gasteiger partial charge < -0.3 is 5.73 Å². The van der Waals surface area contributed by atoms with E-state index in [-0.39, 0.29) is 11.0 Å². The van der Waals surface area contributed by atoms with Gasteiger partial charge in [0.25, 0.3) is 0 Å². The Hall–Kier alpha value is -0.700. The van der Waals surface area contributed by atoms with Gasteiger partial charge in [-0.05, 0) is 53.9 Å². The number of anilines is 1. The molecule has 0 aromatic heterocycles. The largest absolute Gasteiger partial charge is 0.389 e. The van der Waals surface area contributed by atoms with Crippen LogP contribution in [-0.2, 0) is 10.2 Å². The third-order valence-electron chi connectivity index (χ3n) is 3.54. The summed E-state index contributed by atoms with van der Waals surface area (Å²) in [5, 5.41) is 0. The number of hydrogen-bond donors (Lipinski definition) is 2. The van der Waals surface area contributed by atoms with Crippen LogP contribution in [0.1, 0.15) is 31.7 Å². The number of thiocarbonyl (C=S) groups is 1. The molecular formula is C13H18BrN3O2S2. The Morgan fingerprint density at radius 3 is 2.76 bits per heavy atom. The average molecular weight is 392 g/mol. The molecule has 3 N–H and O–H groups in total. The molecule has 1 atom stereocenters. The van der Waals surface area contributed by atoms with Crippen molar-refractivity contribution in [1.82, 2.24) is 4.31 Å². The summed E-state index contributed by atoms with van der Waals surface area (Å²) in [4.78, 5) is 0.273. The van der Waals surface area contributed by atoms with E-state index in [2.05, 4.69) is 20.7 Å². The molecule has 116 valence electrons. The Labute approximate surface area is 139 Å². The number of benzene rings is 1. The van der Waals surface area contributed by atoms with E-state index in [1.165, 1.54) is 4.31 Å². The van der Waals surface area contributed by atoms with Gasteiger partial charge in [0.2, 0.25) is 0 Å². The third-order valence-corrected chi connectivity index (χ3v) is 6.07. The van der Waals surface area contributed by atoms with Gasteiger partial charge in [0, 0.05) is 22.6 Å². The van der Waals surface area contributed by atoms with Crippen molar-refractivity contribution >= 4 is 49.0 Å². The fourth-order valence-electron chi connectivity index (χ4n) is 2.38. The first-order valence-corrected chi connectivity index (χ1v) is 9.34. The van der Waals surface area contributed by atoms with Crippen LogP contribution < -0.4 is 10.5 Å². The van der Waals surface area contributed by atoms with Crippen LogP contribution in [0.25, 0.3) is 0 Å². The molecule has 0 aliphatic carbocycles. The van der Waals surface area contributed by atoms with E-state index in [9.17, 15) is 8.42 Å². The van der Waals surface area contributed by atoms with Crippen molar-refractivity contribution in [2.24, 2.45) is 5.73 Å². The van der Waals surface area contributed by atoms with E-state index in [1.54, 1.807) is 18.2 Å². The lowest BCUT2D eigenvalue weighted by Gasteiger charge is -2.32. The first-order chi connectivity index (χ1) is 9.81. The molecule has 1 aromatic rings. The minimum Gasteiger partial charge on any atom is -0.389 e. The summed E-state index contributed by atoms with van der Waals surface area (Å²) >= 11 is 8.25. The van der Waals surface area contributed by atoms with E-state index < -0.39 is 10.2 Å². The number of halogens is 1. The monoisotopic (exact) mass is 391 g/mol. The summed E-state index contributed by atoms with van der Waals surface area (Å²) in [6.45, 7) is 2.49. The van der Waals surface area contributed by atoms with Gasteiger partial charge in [0.15, 0.2) is 0 Å². The quantitative estimate of drug-likeness (QED) is 0.773. The maximum atomic E-state index is 12.5. The topological polar surface area (TPSA) is 75.4 Å². The van der Waals surface area contributed by atoms with E-state index in [0.29, 0.717) is 22.3 Å². The normalized spacial score (nSPS) is 20.2. The van der Waals surface area contributed by atoms with Crippen molar-refractivity contribution in [3.05, 3.63) is 28.2 Å². The Balaban J connectivity index is 2.22. The van der Waals surface area contributed by atoms with E-state index in [4.69, 9.17) is 18.0 Å². The van der Waals surface area contributed by atoms with Crippen molar-refractivity contribution in [2.45, 2.75) is 32.2 Å². The van der Waals surface area contributed by atoms with E-state index in [1.807, 2.05) is 6.92 Å². The predicted molar refractivity (Wildman–Crippen MR) is 92.6 cm³/mol. The molecule has 0 bridgehead atoms. The minimum absolute atomic E-state index is 0.0194. The van der Waals surface area contributed by atoms with Gasteiger partial charge in [0.05, 0.1) is 5.69 Å². The number of nitrogens with one attached hydrogen (secondary N) is 1. The summed E-state index contributed by atoms with van der Waals surface area (Å²) in [6, 6.07) is 5.08.